The maximum atomic E-state index is 12.8. The topological polar surface area (TPSA) is 146 Å². The molecule has 0 amide bonds. The standard InChI is InChI=1S/C27H31N3O6/c1-2-16-19-10-15(31)6-8-22(19)29-24-20(16)12-30-23(24)11-18-17(27(35)36-13-21(18)25(30)32)7-5-14(26(33)34)4-3-9-28/h6,8,10-11,14,17,25,31-32H,2-5,7,9,12-13,28H2,1H3,(H,33,34). The molecule has 0 spiro atoms. The van der Waals surface area contributed by atoms with Crippen molar-refractivity contribution in [3.8, 4) is 5.75 Å². The van der Waals surface area contributed by atoms with Gasteiger partial charge in [-0.15, -0.1) is 0 Å². The second-order valence-corrected chi connectivity index (χ2v) is 9.69. The van der Waals surface area contributed by atoms with Crippen molar-refractivity contribution in [2.24, 2.45) is 17.6 Å². The number of aromatic hydroxyl groups is 1. The number of carbonyl (C=O) groups is 2. The van der Waals surface area contributed by atoms with E-state index in [4.69, 9.17) is 15.5 Å². The summed E-state index contributed by atoms with van der Waals surface area (Å²) in [6.07, 6.45) is 3.37. The number of rotatable bonds is 8. The first-order chi connectivity index (χ1) is 17.3. The van der Waals surface area contributed by atoms with Gasteiger partial charge in [0.05, 0.1) is 28.7 Å². The summed E-state index contributed by atoms with van der Waals surface area (Å²) in [4.78, 5) is 31.3. The summed E-state index contributed by atoms with van der Waals surface area (Å²) in [7, 11) is 0. The van der Waals surface area contributed by atoms with Crippen LogP contribution in [0.5, 0.6) is 5.75 Å². The number of aliphatic hydroxyl groups is 1. The first-order valence-electron chi connectivity index (χ1n) is 12.5. The van der Waals surface area contributed by atoms with Gasteiger partial charge in [0.25, 0.3) is 0 Å². The zero-order valence-electron chi connectivity index (χ0n) is 20.2. The van der Waals surface area contributed by atoms with Crippen LogP contribution in [0.15, 0.2) is 35.4 Å². The highest BCUT2D eigenvalue weighted by Crippen LogP contribution is 2.45. The number of aromatic nitrogens is 1. The number of nitrogens with zero attached hydrogens (tertiary/aromatic N) is 2. The molecule has 5 rings (SSSR count). The van der Waals surface area contributed by atoms with Gasteiger partial charge in [-0.1, -0.05) is 6.92 Å². The van der Waals surface area contributed by atoms with E-state index in [9.17, 15) is 24.9 Å². The van der Waals surface area contributed by atoms with E-state index in [2.05, 4.69) is 6.92 Å². The third-order valence-electron chi connectivity index (χ3n) is 7.63. The van der Waals surface area contributed by atoms with Crippen molar-refractivity contribution in [1.82, 2.24) is 9.88 Å². The molecule has 4 heterocycles. The van der Waals surface area contributed by atoms with Crippen LogP contribution in [0.2, 0.25) is 0 Å². The molecule has 0 saturated carbocycles. The predicted octanol–water partition coefficient (Wildman–Crippen LogP) is 2.68. The van der Waals surface area contributed by atoms with Crippen molar-refractivity contribution in [1.29, 1.82) is 0 Å². The lowest BCUT2D eigenvalue weighted by atomic mass is 9.82. The number of carboxylic acids is 1. The lowest BCUT2D eigenvalue weighted by molar-refractivity contribution is -0.149. The van der Waals surface area contributed by atoms with E-state index in [1.54, 1.807) is 18.2 Å². The van der Waals surface area contributed by atoms with E-state index < -0.39 is 30.0 Å². The van der Waals surface area contributed by atoms with Gasteiger partial charge in [-0.25, -0.2) is 4.98 Å². The van der Waals surface area contributed by atoms with Crippen LogP contribution in [-0.2, 0) is 27.3 Å². The van der Waals surface area contributed by atoms with Gasteiger partial charge in [0.1, 0.15) is 12.4 Å². The van der Waals surface area contributed by atoms with Gasteiger partial charge < -0.3 is 30.7 Å². The first-order valence-corrected chi connectivity index (χ1v) is 12.5. The second-order valence-electron chi connectivity index (χ2n) is 9.69. The Hall–Kier alpha value is -3.43. The fourth-order valence-electron chi connectivity index (χ4n) is 5.74. The molecule has 0 radical (unpaired) electrons. The summed E-state index contributed by atoms with van der Waals surface area (Å²) in [6, 6.07) is 5.11. The number of pyridine rings is 1. The Morgan fingerprint density at radius 2 is 2.14 bits per heavy atom. The van der Waals surface area contributed by atoms with Gasteiger partial charge in [0.15, 0.2) is 6.23 Å². The molecule has 1 aromatic carbocycles. The number of allylic oxidation sites excluding steroid dienone is 1. The molecule has 3 unspecified atom stereocenters. The summed E-state index contributed by atoms with van der Waals surface area (Å²) in [6.45, 7) is 2.93. The average molecular weight is 494 g/mol. The Kier molecular flexibility index (Phi) is 6.44. The molecule has 0 bridgehead atoms. The summed E-state index contributed by atoms with van der Waals surface area (Å²) in [5.41, 5.74) is 11.2. The molecule has 0 fully saturated rings. The van der Waals surface area contributed by atoms with Crippen LogP contribution in [0.25, 0.3) is 16.6 Å². The molecule has 5 N–H and O–H groups in total. The van der Waals surface area contributed by atoms with E-state index >= 15 is 0 Å². The molecule has 3 aliphatic heterocycles. The van der Waals surface area contributed by atoms with Crippen LogP contribution in [-0.4, -0.2) is 56.5 Å². The third kappa shape index (κ3) is 4.02. The molecule has 3 aliphatic rings. The molecular weight excluding hydrogens is 462 g/mol. The zero-order chi connectivity index (χ0) is 25.6. The molecule has 190 valence electrons. The van der Waals surface area contributed by atoms with Crippen molar-refractivity contribution in [3.63, 3.8) is 0 Å². The Morgan fingerprint density at radius 3 is 2.86 bits per heavy atom. The summed E-state index contributed by atoms with van der Waals surface area (Å²) >= 11 is 0. The highest BCUT2D eigenvalue weighted by Gasteiger charge is 2.43. The van der Waals surface area contributed by atoms with Gasteiger partial charge >= 0.3 is 11.9 Å². The number of phenolic OH excluding ortho intramolecular Hbond substituents is 1. The van der Waals surface area contributed by atoms with Gasteiger partial charge in [-0.3, -0.25) is 9.59 Å². The number of hydrogen-bond acceptors (Lipinski definition) is 8. The number of cyclic esters (lactones) is 1. The van der Waals surface area contributed by atoms with Gasteiger partial charge in [0.2, 0.25) is 0 Å². The number of ether oxygens (including phenoxy) is 1. The van der Waals surface area contributed by atoms with Gasteiger partial charge in [-0.2, -0.15) is 0 Å². The van der Waals surface area contributed by atoms with Crippen molar-refractivity contribution < 1.29 is 29.6 Å². The van der Waals surface area contributed by atoms with Crippen LogP contribution >= 0.6 is 0 Å². The minimum absolute atomic E-state index is 0.00189. The number of fused-ring (bicyclic) bond motifs is 4. The zero-order valence-corrected chi connectivity index (χ0v) is 20.2. The lowest BCUT2D eigenvalue weighted by Gasteiger charge is -2.37. The fourth-order valence-corrected chi connectivity index (χ4v) is 5.74. The monoisotopic (exact) mass is 493 g/mol. The largest absolute Gasteiger partial charge is 0.508 e. The summed E-state index contributed by atoms with van der Waals surface area (Å²) < 4.78 is 5.43. The predicted molar refractivity (Wildman–Crippen MR) is 132 cm³/mol. The summed E-state index contributed by atoms with van der Waals surface area (Å²) in [5.74, 6) is -2.35. The number of benzene rings is 1. The second kappa shape index (κ2) is 9.55. The van der Waals surface area contributed by atoms with E-state index in [1.165, 1.54) is 0 Å². The molecule has 0 saturated heterocycles. The minimum Gasteiger partial charge on any atom is -0.508 e. The summed E-state index contributed by atoms with van der Waals surface area (Å²) in [5, 5.41) is 31.9. The molecule has 9 heteroatoms. The normalized spacial score (nSPS) is 21.6. The number of nitrogens with two attached hydrogens (primary N) is 1. The molecule has 36 heavy (non-hydrogen) atoms. The maximum Gasteiger partial charge on any atom is 0.313 e. The Bertz CT molecular complexity index is 1300. The number of phenols is 1. The number of esters is 1. The van der Waals surface area contributed by atoms with Crippen molar-refractivity contribution in [2.45, 2.75) is 51.8 Å². The Morgan fingerprint density at radius 1 is 1.33 bits per heavy atom. The third-order valence-corrected chi connectivity index (χ3v) is 7.63. The maximum absolute atomic E-state index is 12.8. The van der Waals surface area contributed by atoms with Crippen LogP contribution in [0.1, 0.15) is 49.4 Å². The molecule has 0 aliphatic carbocycles. The molecule has 9 nitrogen and oxygen atoms in total. The van der Waals surface area contributed by atoms with Crippen LogP contribution in [0.4, 0.5) is 0 Å². The Balaban J connectivity index is 1.53. The minimum atomic E-state index is -0.974. The first kappa shape index (κ1) is 24.3. The number of carboxylic acid groups (broad SMARTS) is 1. The quantitative estimate of drug-likeness (QED) is 0.408. The molecule has 1 aromatic heterocycles. The fraction of sp³-hybridized carbons (Fsp3) is 0.444. The lowest BCUT2D eigenvalue weighted by Crippen LogP contribution is -2.41. The van der Waals surface area contributed by atoms with E-state index in [-0.39, 0.29) is 12.4 Å². The number of aliphatic hydroxyl groups excluding tert-OH is 1. The highest BCUT2D eigenvalue weighted by atomic mass is 16.5. The van der Waals surface area contributed by atoms with E-state index in [0.29, 0.717) is 49.9 Å². The van der Waals surface area contributed by atoms with Gasteiger partial charge in [0, 0.05) is 23.1 Å². The van der Waals surface area contributed by atoms with Crippen LogP contribution in [0.3, 0.4) is 0 Å². The van der Waals surface area contributed by atoms with Crippen LogP contribution in [0, 0.1) is 11.8 Å². The molecule has 2 aromatic rings. The number of hydrogen-bond donors (Lipinski definition) is 4. The van der Waals surface area contributed by atoms with Crippen molar-refractivity contribution in [3.05, 3.63) is 52.2 Å². The average Bonchev–Trinajstić information content (AvgIpc) is 3.22. The SMILES string of the molecule is CCc1c2c(nc3ccc(O)cc13)C1=CC3=C(COC(=O)C3CCC(CCCN)C(=O)O)C(O)N1C2. The van der Waals surface area contributed by atoms with Gasteiger partial charge in [-0.05, 0) is 74.1 Å². The number of aryl methyl sites for hydroxylation is 1. The Labute approximate surface area is 208 Å². The highest BCUT2D eigenvalue weighted by molar-refractivity contribution is 5.90. The van der Waals surface area contributed by atoms with E-state index in [1.807, 2.05) is 11.0 Å². The smallest absolute Gasteiger partial charge is 0.313 e. The molecule has 3 atom stereocenters. The van der Waals surface area contributed by atoms with Crippen molar-refractivity contribution in [2.75, 3.05) is 13.2 Å². The number of carbonyl (C=O) groups excluding carboxylic acids is 1. The number of aliphatic carboxylic acids is 1. The van der Waals surface area contributed by atoms with Crippen LogP contribution < -0.4 is 5.73 Å². The van der Waals surface area contributed by atoms with E-state index in [0.717, 1.165) is 39.8 Å². The molecular formula is C27H31N3O6. The van der Waals surface area contributed by atoms with Crippen molar-refractivity contribution >= 4 is 28.5 Å².